The van der Waals surface area contributed by atoms with Crippen LogP contribution in [0.3, 0.4) is 0 Å². The van der Waals surface area contributed by atoms with Crippen LogP contribution in [0.2, 0.25) is 0 Å². The lowest BCUT2D eigenvalue weighted by molar-refractivity contribution is -0.116. The van der Waals surface area contributed by atoms with E-state index in [0.29, 0.717) is 31.1 Å². The van der Waals surface area contributed by atoms with Crippen LogP contribution in [0.25, 0.3) is 11.7 Å². The number of benzene rings is 1. The fourth-order valence-corrected chi connectivity index (χ4v) is 2.92. The van der Waals surface area contributed by atoms with Crippen LogP contribution >= 0.6 is 0 Å². The van der Waals surface area contributed by atoms with E-state index in [9.17, 15) is 4.79 Å². The molecular weight excluding hydrogens is 370 g/mol. The number of ether oxygens (including phenoxy) is 3. The Morgan fingerprint density at radius 2 is 2.00 bits per heavy atom. The highest BCUT2D eigenvalue weighted by Crippen LogP contribution is 2.28. The topological polar surface area (TPSA) is 74.1 Å². The average molecular weight is 395 g/mol. The summed E-state index contributed by atoms with van der Waals surface area (Å²) in [4.78, 5) is 16.7. The van der Waals surface area contributed by atoms with Crippen molar-refractivity contribution in [2.24, 2.45) is 0 Å². The van der Waals surface area contributed by atoms with Crippen molar-refractivity contribution in [3.63, 3.8) is 0 Å². The Labute approximate surface area is 169 Å². The second-order valence-corrected chi connectivity index (χ2v) is 6.26. The summed E-state index contributed by atoms with van der Waals surface area (Å²) in [5.41, 5.74) is 2.50. The number of aromatic nitrogens is 2. The van der Waals surface area contributed by atoms with E-state index >= 15 is 0 Å². The lowest BCUT2D eigenvalue weighted by atomic mass is 10.2. The Hall–Kier alpha value is -3.48. The average Bonchev–Trinajstić information content (AvgIpc) is 3.16. The number of hydrogen-bond acceptors (Lipinski definition) is 5. The second kappa shape index (κ2) is 9.64. The van der Waals surface area contributed by atoms with E-state index in [1.807, 2.05) is 54.0 Å². The van der Waals surface area contributed by atoms with Gasteiger partial charge < -0.3 is 23.9 Å². The van der Waals surface area contributed by atoms with Gasteiger partial charge in [-0.15, -0.1) is 0 Å². The molecule has 1 aromatic carbocycles. The first-order valence-electron chi connectivity index (χ1n) is 9.42. The Morgan fingerprint density at radius 3 is 2.76 bits per heavy atom. The normalized spacial score (nSPS) is 11.0. The molecule has 2 heterocycles. The first kappa shape index (κ1) is 20.3. The summed E-state index contributed by atoms with van der Waals surface area (Å²) >= 11 is 0. The number of carbonyl (C=O) groups is 1. The molecule has 152 valence electrons. The highest BCUT2D eigenvalue weighted by molar-refractivity contribution is 5.91. The molecule has 1 N–H and O–H groups in total. The van der Waals surface area contributed by atoms with Gasteiger partial charge in [0, 0.05) is 31.4 Å². The van der Waals surface area contributed by atoms with Gasteiger partial charge in [-0.25, -0.2) is 4.98 Å². The van der Waals surface area contributed by atoms with E-state index in [4.69, 9.17) is 14.2 Å². The van der Waals surface area contributed by atoms with Crippen LogP contribution in [0.5, 0.6) is 17.2 Å². The number of nitrogens with one attached hydrogen (secondary N) is 1. The number of hydrogen-bond donors (Lipinski definition) is 1. The van der Waals surface area contributed by atoms with Crippen molar-refractivity contribution >= 4 is 17.6 Å². The van der Waals surface area contributed by atoms with E-state index in [2.05, 4.69) is 10.3 Å². The van der Waals surface area contributed by atoms with E-state index < -0.39 is 0 Å². The molecule has 0 atom stereocenters. The number of fused-ring (bicyclic) bond motifs is 1. The van der Waals surface area contributed by atoms with Gasteiger partial charge in [0.05, 0.1) is 26.5 Å². The van der Waals surface area contributed by atoms with Crippen molar-refractivity contribution in [3.8, 4) is 17.2 Å². The minimum absolute atomic E-state index is 0.167. The molecule has 1 amide bonds. The van der Waals surface area contributed by atoms with Crippen LogP contribution in [0.1, 0.15) is 18.2 Å². The molecule has 0 spiro atoms. The summed E-state index contributed by atoms with van der Waals surface area (Å²) in [5.74, 6) is 1.87. The number of rotatable bonds is 9. The molecule has 0 unspecified atom stereocenters. The van der Waals surface area contributed by atoms with Crippen LogP contribution in [0.15, 0.2) is 48.8 Å². The summed E-state index contributed by atoms with van der Waals surface area (Å²) in [6, 6.07) is 9.31. The number of nitrogens with zero attached hydrogens (tertiary/aromatic N) is 2. The third kappa shape index (κ3) is 5.07. The molecule has 7 nitrogen and oxygen atoms in total. The van der Waals surface area contributed by atoms with Crippen LogP contribution in [-0.4, -0.2) is 42.7 Å². The van der Waals surface area contributed by atoms with Crippen molar-refractivity contribution in [1.29, 1.82) is 0 Å². The van der Waals surface area contributed by atoms with Gasteiger partial charge in [-0.3, -0.25) is 4.79 Å². The van der Waals surface area contributed by atoms with Gasteiger partial charge in [0.2, 0.25) is 5.91 Å². The highest BCUT2D eigenvalue weighted by atomic mass is 16.5. The molecule has 0 aliphatic heterocycles. The highest BCUT2D eigenvalue weighted by Gasteiger charge is 2.07. The molecule has 0 saturated heterocycles. The zero-order chi connectivity index (χ0) is 20.6. The number of amides is 1. The molecule has 3 aromatic rings. The van der Waals surface area contributed by atoms with Crippen LogP contribution in [-0.2, 0) is 11.2 Å². The van der Waals surface area contributed by atoms with Crippen LogP contribution in [0, 0.1) is 0 Å². The first-order valence-corrected chi connectivity index (χ1v) is 9.42. The van der Waals surface area contributed by atoms with E-state index in [1.165, 1.54) is 6.08 Å². The Kier molecular flexibility index (Phi) is 6.73. The fourth-order valence-electron chi connectivity index (χ4n) is 2.92. The molecular formula is C22H25N3O4. The Bertz CT molecular complexity index is 1010. The minimum Gasteiger partial charge on any atom is -0.493 e. The molecule has 0 fully saturated rings. The third-order valence-electron chi connectivity index (χ3n) is 4.31. The molecule has 2 aromatic heterocycles. The van der Waals surface area contributed by atoms with Crippen LogP contribution < -0.4 is 19.5 Å². The number of methoxy groups -OCH3 is 2. The predicted octanol–water partition coefficient (Wildman–Crippen LogP) is 3.12. The standard InChI is InChI=1S/C22H25N3O4/c1-4-29-18-9-7-16(14-20(18)28-3)8-10-21(26)23-12-11-17-15-25-13-5-6-19(27-2)22(25)24-17/h5-10,13-15H,4,11-12H2,1-3H3,(H,23,26)/b10-8+. The van der Waals surface area contributed by atoms with Crippen molar-refractivity contribution < 1.29 is 19.0 Å². The Morgan fingerprint density at radius 1 is 1.17 bits per heavy atom. The van der Waals surface area contributed by atoms with Gasteiger partial charge in [0.15, 0.2) is 22.9 Å². The summed E-state index contributed by atoms with van der Waals surface area (Å²) in [6.07, 6.45) is 7.72. The number of carbonyl (C=O) groups excluding carboxylic acids is 1. The molecule has 3 rings (SSSR count). The van der Waals surface area contributed by atoms with E-state index in [1.54, 1.807) is 20.3 Å². The summed E-state index contributed by atoms with van der Waals surface area (Å²) < 4.78 is 18.0. The summed E-state index contributed by atoms with van der Waals surface area (Å²) in [7, 11) is 3.21. The molecule has 7 heteroatoms. The second-order valence-electron chi connectivity index (χ2n) is 6.26. The molecule has 0 aliphatic carbocycles. The predicted molar refractivity (Wildman–Crippen MR) is 112 cm³/mol. The van der Waals surface area contributed by atoms with Crippen molar-refractivity contribution in [2.75, 3.05) is 27.4 Å². The maximum absolute atomic E-state index is 12.1. The molecule has 0 radical (unpaired) electrons. The monoisotopic (exact) mass is 395 g/mol. The van der Waals surface area contributed by atoms with Gasteiger partial charge in [0.1, 0.15) is 0 Å². The maximum atomic E-state index is 12.1. The lowest BCUT2D eigenvalue weighted by Crippen LogP contribution is -2.23. The SMILES string of the molecule is CCOc1ccc(/C=C/C(=O)NCCc2cn3cccc(OC)c3n2)cc1OC. The summed E-state index contributed by atoms with van der Waals surface area (Å²) in [5, 5.41) is 2.87. The molecule has 29 heavy (non-hydrogen) atoms. The molecule has 0 aliphatic rings. The van der Waals surface area contributed by atoms with Gasteiger partial charge in [-0.2, -0.15) is 0 Å². The minimum atomic E-state index is -0.167. The van der Waals surface area contributed by atoms with E-state index in [-0.39, 0.29) is 5.91 Å². The van der Waals surface area contributed by atoms with Crippen molar-refractivity contribution in [3.05, 3.63) is 60.1 Å². The zero-order valence-corrected chi connectivity index (χ0v) is 16.8. The maximum Gasteiger partial charge on any atom is 0.244 e. The number of imidazole rings is 1. The van der Waals surface area contributed by atoms with Gasteiger partial charge in [-0.1, -0.05) is 6.07 Å². The van der Waals surface area contributed by atoms with Crippen molar-refractivity contribution in [2.45, 2.75) is 13.3 Å². The van der Waals surface area contributed by atoms with Gasteiger partial charge in [-0.05, 0) is 42.8 Å². The van der Waals surface area contributed by atoms with Crippen LogP contribution in [0.4, 0.5) is 0 Å². The smallest absolute Gasteiger partial charge is 0.244 e. The fraction of sp³-hybridized carbons (Fsp3) is 0.273. The lowest BCUT2D eigenvalue weighted by Gasteiger charge is -2.09. The first-order chi connectivity index (χ1) is 14.1. The Balaban J connectivity index is 1.55. The summed E-state index contributed by atoms with van der Waals surface area (Å²) in [6.45, 7) is 2.97. The van der Waals surface area contributed by atoms with Gasteiger partial charge >= 0.3 is 0 Å². The number of pyridine rings is 1. The van der Waals surface area contributed by atoms with Gasteiger partial charge in [0.25, 0.3) is 0 Å². The largest absolute Gasteiger partial charge is 0.493 e. The van der Waals surface area contributed by atoms with E-state index in [0.717, 1.165) is 22.7 Å². The molecule has 0 bridgehead atoms. The third-order valence-corrected chi connectivity index (χ3v) is 4.31. The zero-order valence-electron chi connectivity index (χ0n) is 16.8. The van der Waals surface area contributed by atoms with Crippen molar-refractivity contribution in [1.82, 2.24) is 14.7 Å². The quantitative estimate of drug-likeness (QED) is 0.564. The molecule has 0 saturated carbocycles.